The van der Waals surface area contributed by atoms with Crippen LogP contribution in [-0.4, -0.2) is 45.3 Å². The number of ether oxygens (including phenoxy) is 1. The van der Waals surface area contributed by atoms with Crippen molar-refractivity contribution in [3.63, 3.8) is 0 Å². The van der Waals surface area contributed by atoms with Gasteiger partial charge in [-0.25, -0.2) is 9.78 Å². The summed E-state index contributed by atoms with van der Waals surface area (Å²) in [5, 5.41) is 11.0. The van der Waals surface area contributed by atoms with E-state index >= 15 is 0 Å². The van der Waals surface area contributed by atoms with E-state index in [0.29, 0.717) is 12.4 Å². The van der Waals surface area contributed by atoms with Crippen molar-refractivity contribution in [1.82, 2.24) is 14.9 Å². The van der Waals surface area contributed by atoms with E-state index in [1.807, 2.05) is 6.20 Å². The Morgan fingerprint density at radius 2 is 1.91 bits per heavy atom. The third-order valence-electron chi connectivity index (χ3n) is 7.03. The van der Waals surface area contributed by atoms with E-state index in [1.54, 1.807) is 0 Å². The van der Waals surface area contributed by atoms with Crippen molar-refractivity contribution < 1.29 is 14.6 Å². The number of nitrogens with two attached hydrogens (primary N) is 1. The number of carboxylic acid groups (broad SMARTS) is 1. The number of aryl methyl sites for hydroxylation is 3. The number of fused-ring (bicyclic) bond motifs is 3. The number of anilines is 1. The summed E-state index contributed by atoms with van der Waals surface area (Å²) in [6, 6.07) is 17.4. The monoisotopic (exact) mass is 470 g/mol. The number of benzene rings is 2. The first-order valence-corrected chi connectivity index (χ1v) is 12.0. The third kappa shape index (κ3) is 4.91. The van der Waals surface area contributed by atoms with Gasteiger partial charge in [0.15, 0.2) is 5.82 Å². The minimum atomic E-state index is -1.20. The smallest absolute Gasteiger partial charge is 0.450 e. The zero-order valence-electron chi connectivity index (χ0n) is 20.1. The molecule has 0 bridgehead atoms. The van der Waals surface area contributed by atoms with Gasteiger partial charge in [0.25, 0.3) is 0 Å². The maximum Gasteiger partial charge on any atom is 0.506 e. The van der Waals surface area contributed by atoms with Crippen molar-refractivity contribution in [2.75, 3.05) is 18.8 Å². The highest BCUT2D eigenvalue weighted by Crippen LogP contribution is 2.29. The molecule has 4 aromatic rings. The van der Waals surface area contributed by atoms with E-state index in [4.69, 9.17) is 15.6 Å². The maximum atomic E-state index is 10.8. The highest BCUT2D eigenvalue weighted by atomic mass is 16.7. The van der Waals surface area contributed by atoms with Crippen molar-refractivity contribution in [1.29, 1.82) is 0 Å². The van der Waals surface area contributed by atoms with E-state index in [1.165, 1.54) is 16.7 Å². The molecular formula is C28H30N4O3. The molecule has 0 aliphatic carbocycles. The Morgan fingerprint density at radius 1 is 1.14 bits per heavy atom. The lowest BCUT2D eigenvalue weighted by Crippen LogP contribution is -2.27. The zero-order chi connectivity index (χ0) is 24.5. The maximum absolute atomic E-state index is 10.8. The average Bonchev–Trinajstić information content (AvgIpc) is 3.30. The number of pyridine rings is 2. The fraction of sp³-hybridized carbons (Fsp3) is 0.321. The van der Waals surface area contributed by atoms with Gasteiger partial charge in [-0.15, -0.1) is 0 Å². The summed E-state index contributed by atoms with van der Waals surface area (Å²) in [5.74, 6) is 0.466. The molecule has 3 N–H and O–H groups in total. The van der Waals surface area contributed by atoms with Gasteiger partial charge in [0, 0.05) is 36.1 Å². The van der Waals surface area contributed by atoms with Gasteiger partial charge in [-0.3, -0.25) is 9.88 Å². The standard InChI is InChI=1S/C28H30N4O3/c1-17-3-10-23-24-14-20(15-30-26(24)27(29)31-25(23)13-17)5-4-19-6-8-21(9-7-19)18(2)32-12-11-22(16-32)35-28(33)34/h3,6-10,13-15,18,22H,4-5,11-12,16H2,1-2H3,(H2,29,31)(H,33,34). The van der Waals surface area contributed by atoms with Crippen LogP contribution in [0, 0.1) is 6.92 Å². The summed E-state index contributed by atoms with van der Waals surface area (Å²) in [6.45, 7) is 5.69. The Morgan fingerprint density at radius 3 is 2.69 bits per heavy atom. The lowest BCUT2D eigenvalue weighted by atomic mass is 10.00. The number of carbonyl (C=O) groups is 1. The van der Waals surface area contributed by atoms with Crippen LogP contribution in [0.2, 0.25) is 0 Å². The van der Waals surface area contributed by atoms with Crippen LogP contribution < -0.4 is 5.73 Å². The number of aromatic nitrogens is 2. The lowest BCUT2D eigenvalue weighted by Gasteiger charge is -2.24. The second-order valence-corrected chi connectivity index (χ2v) is 9.46. The molecule has 7 nitrogen and oxygen atoms in total. The first-order chi connectivity index (χ1) is 16.9. The Kier molecular flexibility index (Phi) is 6.26. The third-order valence-corrected chi connectivity index (χ3v) is 7.03. The van der Waals surface area contributed by atoms with Gasteiger partial charge in [0.2, 0.25) is 0 Å². The number of hydrogen-bond acceptors (Lipinski definition) is 6. The van der Waals surface area contributed by atoms with Crippen LogP contribution in [0.4, 0.5) is 10.6 Å². The molecule has 2 aromatic heterocycles. The Hall–Kier alpha value is -3.71. The number of likely N-dealkylation sites (tertiary alicyclic amines) is 1. The molecule has 1 aliphatic heterocycles. The van der Waals surface area contributed by atoms with Crippen molar-refractivity contribution in [2.45, 2.75) is 45.3 Å². The quantitative estimate of drug-likeness (QED) is 0.292. The molecule has 5 rings (SSSR count). The van der Waals surface area contributed by atoms with Crippen LogP contribution in [0.5, 0.6) is 0 Å². The molecule has 0 saturated carbocycles. The summed E-state index contributed by atoms with van der Waals surface area (Å²) >= 11 is 0. The molecule has 2 aromatic carbocycles. The minimum Gasteiger partial charge on any atom is -0.450 e. The van der Waals surface area contributed by atoms with Crippen molar-refractivity contribution in [2.24, 2.45) is 0 Å². The van der Waals surface area contributed by atoms with Gasteiger partial charge >= 0.3 is 6.16 Å². The Balaban J connectivity index is 1.27. The molecule has 1 aliphatic rings. The van der Waals surface area contributed by atoms with Gasteiger partial charge in [0.1, 0.15) is 11.6 Å². The molecule has 180 valence electrons. The second kappa shape index (κ2) is 9.50. The molecule has 1 fully saturated rings. The van der Waals surface area contributed by atoms with Crippen molar-refractivity contribution in [3.8, 4) is 0 Å². The second-order valence-electron chi connectivity index (χ2n) is 9.46. The predicted molar refractivity (Wildman–Crippen MR) is 138 cm³/mol. The highest BCUT2D eigenvalue weighted by molar-refractivity contribution is 6.08. The van der Waals surface area contributed by atoms with Gasteiger partial charge in [0.05, 0.1) is 5.52 Å². The number of nitrogen functional groups attached to an aromatic ring is 1. The van der Waals surface area contributed by atoms with Crippen molar-refractivity contribution in [3.05, 3.63) is 77.0 Å². The summed E-state index contributed by atoms with van der Waals surface area (Å²) < 4.78 is 4.94. The molecule has 1 saturated heterocycles. The van der Waals surface area contributed by atoms with E-state index < -0.39 is 6.16 Å². The zero-order valence-corrected chi connectivity index (χ0v) is 20.1. The molecule has 7 heteroatoms. The van der Waals surface area contributed by atoms with Crippen LogP contribution in [-0.2, 0) is 17.6 Å². The van der Waals surface area contributed by atoms with Crippen LogP contribution in [0.1, 0.15) is 41.6 Å². The minimum absolute atomic E-state index is 0.215. The van der Waals surface area contributed by atoms with E-state index in [0.717, 1.165) is 53.2 Å². The highest BCUT2D eigenvalue weighted by Gasteiger charge is 2.29. The topological polar surface area (TPSA) is 102 Å². The first-order valence-electron chi connectivity index (χ1n) is 12.0. The molecule has 2 atom stereocenters. The Bertz CT molecular complexity index is 1390. The van der Waals surface area contributed by atoms with Gasteiger partial charge in [-0.1, -0.05) is 36.4 Å². The SMILES string of the molecule is Cc1ccc2c(c1)nc(N)c1ncc(CCc3ccc(C(C)N4CCC(OC(=O)O)C4)cc3)cc12. The number of hydrogen-bond donors (Lipinski definition) is 2. The fourth-order valence-electron chi connectivity index (χ4n) is 5.01. The summed E-state index contributed by atoms with van der Waals surface area (Å²) in [6.07, 6.45) is 3.01. The molecule has 0 amide bonds. The lowest BCUT2D eigenvalue weighted by molar-refractivity contribution is 0.0532. The normalized spacial score (nSPS) is 17.1. The van der Waals surface area contributed by atoms with E-state index in [9.17, 15) is 4.79 Å². The van der Waals surface area contributed by atoms with Crippen LogP contribution in [0.3, 0.4) is 0 Å². The largest absolute Gasteiger partial charge is 0.506 e. The summed E-state index contributed by atoms with van der Waals surface area (Å²) in [5.41, 5.74) is 12.7. The fourth-order valence-corrected chi connectivity index (χ4v) is 5.01. The molecule has 0 spiro atoms. The van der Waals surface area contributed by atoms with E-state index in [2.05, 4.69) is 77.2 Å². The number of rotatable bonds is 6. The van der Waals surface area contributed by atoms with Gasteiger partial charge in [-0.05, 0) is 67.5 Å². The first kappa shape index (κ1) is 23.1. The molecule has 2 unspecified atom stereocenters. The van der Waals surface area contributed by atoms with Gasteiger partial charge < -0.3 is 15.6 Å². The molecular weight excluding hydrogens is 440 g/mol. The predicted octanol–water partition coefficient (Wildman–Crippen LogP) is 5.29. The molecule has 35 heavy (non-hydrogen) atoms. The Labute approximate surface area is 204 Å². The van der Waals surface area contributed by atoms with Crippen LogP contribution in [0.25, 0.3) is 21.8 Å². The number of nitrogens with zero attached hydrogens (tertiary/aromatic N) is 3. The molecule has 0 radical (unpaired) electrons. The molecule has 3 heterocycles. The van der Waals surface area contributed by atoms with Crippen LogP contribution in [0.15, 0.2) is 54.7 Å². The summed E-state index contributed by atoms with van der Waals surface area (Å²) in [7, 11) is 0. The van der Waals surface area contributed by atoms with Crippen LogP contribution >= 0.6 is 0 Å². The summed E-state index contributed by atoms with van der Waals surface area (Å²) in [4.78, 5) is 22.2. The van der Waals surface area contributed by atoms with Crippen molar-refractivity contribution >= 4 is 33.8 Å². The van der Waals surface area contributed by atoms with Gasteiger partial charge in [-0.2, -0.15) is 0 Å². The van der Waals surface area contributed by atoms with E-state index in [-0.39, 0.29) is 12.1 Å². The average molecular weight is 471 g/mol.